The van der Waals surface area contributed by atoms with Crippen molar-refractivity contribution >= 4 is 5.91 Å². The van der Waals surface area contributed by atoms with Crippen LogP contribution >= 0.6 is 0 Å². The number of carbonyl (C=O) groups excluding carboxylic acids is 1. The van der Waals surface area contributed by atoms with Gasteiger partial charge in [-0.1, -0.05) is 78.1 Å². The molecule has 0 fully saturated rings. The largest absolute Gasteiger partial charge is 0.355 e. The molecular weight excluding hydrogens is 272 g/mol. The average molecular weight is 313 g/mol. The molecule has 1 atom stereocenters. The molecule has 3 heteroatoms. The Hall–Kier alpha value is -0.570. The molecule has 0 aromatic rings. The SMILES string of the molecule is CCCCCCCCCCCCNC(=O)C(CCC)N(C)C. The smallest absolute Gasteiger partial charge is 0.237 e. The fourth-order valence-electron chi connectivity index (χ4n) is 2.84. The molecule has 1 amide bonds. The van der Waals surface area contributed by atoms with Crippen LogP contribution in [0.1, 0.15) is 90.9 Å². The Bertz CT molecular complexity index is 254. The first-order chi connectivity index (χ1) is 10.6. The predicted molar refractivity (Wildman–Crippen MR) is 97.2 cm³/mol. The van der Waals surface area contributed by atoms with Crippen molar-refractivity contribution in [3.05, 3.63) is 0 Å². The maximum Gasteiger partial charge on any atom is 0.237 e. The predicted octanol–water partition coefficient (Wildman–Crippen LogP) is 4.75. The van der Waals surface area contributed by atoms with Crippen molar-refractivity contribution in [3.8, 4) is 0 Å². The highest BCUT2D eigenvalue weighted by Crippen LogP contribution is 2.10. The summed E-state index contributed by atoms with van der Waals surface area (Å²) in [7, 11) is 3.97. The standard InChI is InChI=1S/C19H40N2O/c1-5-7-8-9-10-11-12-13-14-15-17-20-19(22)18(16-6-2)21(3)4/h18H,5-17H2,1-4H3,(H,20,22). The van der Waals surface area contributed by atoms with Crippen molar-refractivity contribution in [3.63, 3.8) is 0 Å². The molecule has 0 spiro atoms. The van der Waals surface area contributed by atoms with Gasteiger partial charge in [0.1, 0.15) is 0 Å². The number of unbranched alkanes of at least 4 members (excludes halogenated alkanes) is 9. The second kappa shape index (κ2) is 15.3. The lowest BCUT2D eigenvalue weighted by atomic mass is 10.1. The Morgan fingerprint density at radius 2 is 1.32 bits per heavy atom. The van der Waals surface area contributed by atoms with Crippen molar-refractivity contribution in [2.45, 2.75) is 96.9 Å². The van der Waals surface area contributed by atoms with Gasteiger partial charge >= 0.3 is 0 Å². The van der Waals surface area contributed by atoms with Crippen molar-refractivity contribution in [1.82, 2.24) is 10.2 Å². The van der Waals surface area contributed by atoms with Crippen LogP contribution in [-0.2, 0) is 4.79 Å². The van der Waals surface area contributed by atoms with E-state index in [4.69, 9.17) is 0 Å². The van der Waals surface area contributed by atoms with Crippen LogP contribution in [0, 0.1) is 0 Å². The highest BCUT2D eigenvalue weighted by Gasteiger charge is 2.18. The molecule has 0 aliphatic heterocycles. The van der Waals surface area contributed by atoms with Crippen LogP contribution < -0.4 is 5.32 Å². The minimum absolute atomic E-state index is 0.0353. The topological polar surface area (TPSA) is 32.3 Å². The Morgan fingerprint density at radius 1 is 0.818 bits per heavy atom. The number of hydrogen-bond donors (Lipinski definition) is 1. The van der Waals surface area contributed by atoms with Crippen molar-refractivity contribution in [1.29, 1.82) is 0 Å². The lowest BCUT2D eigenvalue weighted by Gasteiger charge is -2.22. The van der Waals surface area contributed by atoms with E-state index in [-0.39, 0.29) is 11.9 Å². The molecule has 132 valence electrons. The molecule has 0 rings (SSSR count). The number of nitrogens with one attached hydrogen (secondary N) is 1. The van der Waals surface area contributed by atoms with E-state index in [1.54, 1.807) is 0 Å². The zero-order chi connectivity index (χ0) is 16.6. The first-order valence-electron chi connectivity index (χ1n) is 9.57. The summed E-state index contributed by atoms with van der Waals surface area (Å²) in [6, 6.07) is 0.0353. The molecule has 0 aliphatic carbocycles. The van der Waals surface area contributed by atoms with Gasteiger partial charge in [-0.05, 0) is 26.9 Å². The van der Waals surface area contributed by atoms with E-state index >= 15 is 0 Å². The number of carbonyl (C=O) groups is 1. The van der Waals surface area contributed by atoms with Crippen LogP contribution in [0.2, 0.25) is 0 Å². The number of likely N-dealkylation sites (N-methyl/N-ethyl adjacent to an activating group) is 1. The van der Waals surface area contributed by atoms with Gasteiger partial charge in [-0.2, -0.15) is 0 Å². The lowest BCUT2D eigenvalue weighted by Crippen LogP contribution is -2.43. The summed E-state index contributed by atoms with van der Waals surface area (Å²) in [6.07, 6.45) is 15.4. The van der Waals surface area contributed by atoms with Crippen LogP contribution in [0.3, 0.4) is 0 Å². The van der Waals surface area contributed by atoms with E-state index in [1.165, 1.54) is 57.8 Å². The fraction of sp³-hybridized carbons (Fsp3) is 0.947. The Balaban J connectivity index is 3.43. The number of amides is 1. The minimum atomic E-state index is 0.0353. The van der Waals surface area contributed by atoms with Gasteiger partial charge in [0, 0.05) is 6.54 Å². The van der Waals surface area contributed by atoms with Gasteiger partial charge in [0.2, 0.25) is 5.91 Å². The molecule has 0 aromatic heterocycles. The summed E-state index contributed by atoms with van der Waals surface area (Å²) in [5.41, 5.74) is 0. The van der Waals surface area contributed by atoms with E-state index in [0.29, 0.717) is 0 Å². The Labute approximate surface area is 139 Å². The van der Waals surface area contributed by atoms with Crippen LogP contribution in [0.15, 0.2) is 0 Å². The van der Waals surface area contributed by atoms with Crippen molar-refractivity contribution in [2.75, 3.05) is 20.6 Å². The van der Waals surface area contributed by atoms with Gasteiger partial charge in [0.15, 0.2) is 0 Å². The van der Waals surface area contributed by atoms with Crippen LogP contribution in [0.5, 0.6) is 0 Å². The summed E-state index contributed by atoms with van der Waals surface area (Å²) in [5.74, 6) is 0.197. The zero-order valence-electron chi connectivity index (χ0n) is 15.6. The quantitative estimate of drug-likeness (QED) is 0.442. The molecular formula is C19H40N2O. The summed E-state index contributed by atoms with van der Waals surface area (Å²) in [5, 5.41) is 3.09. The summed E-state index contributed by atoms with van der Waals surface area (Å²) >= 11 is 0. The van der Waals surface area contributed by atoms with E-state index in [2.05, 4.69) is 19.2 Å². The molecule has 0 heterocycles. The van der Waals surface area contributed by atoms with E-state index in [0.717, 1.165) is 25.8 Å². The molecule has 0 bridgehead atoms. The molecule has 3 nitrogen and oxygen atoms in total. The Morgan fingerprint density at radius 3 is 1.77 bits per heavy atom. The minimum Gasteiger partial charge on any atom is -0.355 e. The van der Waals surface area contributed by atoms with Gasteiger partial charge in [-0.15, -0.1) is 0 Å². The highest BCUT2D eigenvalue weighted by molar-refractivity contribution is 5.81. The average Bonchev–Trinajstić information content (AvgIpc) is 2.49. The first-order valence-corrected chi connectivity index (χ1v) is 9.57. The lowest BCUT2D eigenvalue weighted by molar-refractivity contribution is -0.125. The zero-order valence-corrected chi connectivity index (χ0v) is 15.6. The van der Waals surface area contributed by atoms with Gasteiger partial charge in [-0.3, -0.25) is 9.69 Å². The monoisotopic (exact) mass is 312 g/mol. The second-order valence-electron chi connectivity index (χ2n) is 6.74. The Kier molecular flexibility index (Phi) is 14.9. The molecule has 0 aliphatic rings. The van der Waals surface area contributed by atoms with Gasteiger partial charge in [0.05, 0.1) is 6.04 Å². The third-order valence-corrected chi connectivity index (χ3v) is 4.32. The summed E-state index contributed by atoms with van der Waals surface area (Å²) < 4.78 is 0. The molecule has 1 unspecified atom stereocenters. The molecule has 0 saturated carbocycles. The van der Waals surface area contributed by atoms with E-state index < -0.39 is 0 Å². The van der Waals surface area contributed by atoms with Crippen LogP contribution in [-0.4, -0.2) is 37.5 Å². The highest BCUT2D eigenvalue weighted by atomic mass is 16.2. The number of nitrogens with zero attached hydrogens (tertiary/aromatic N) is 1. The molecule has 0 saturated heterocycles. The number of hydrogen-bond acceptors (Lipinski definition) is 2. The van der Waals surface area contributed by atoms with Gasteiger partial charge in [0.25, 0.3) is 0 Å². The summed E-state index contributed by atoms with van der Waals surface area (Å²) in [6.45, 7) is 5.23. The van der Waals surface area contributed by atoms with E-state index in [9.17, 15) is 4.79 Å². The molecule has 22 heavy (non-hydrogen) atoms. The van der Waals surface area contributed by atoms with Crippen molar-refractivity contribution in [2.24, 2.45) is 0 Å². The van der Waals surface area contributed by atoms with Crippen LogP contribution in [0.4, 0.5) is 0 Å². The van der Waals surface area contributed by atoms with Crippen molar-refractivity contribution < 1.29 is 4.79 Å². The fourth-order valence-corrected chi connectivity index (χ4v) is 2.84. The maximum absolute atomic E-state index is 12.1. The van der Waals surface area contributed by atoms with E-state index in [1.807, 2.05) is 19.0 Å². The van der Waals surface area contributed by atoms with Gasteiger partial charge in [-0.25, -0.2) is 0 Å². The third-order valence-electron chi connectivity index (χ3n) is 4.32. The third kappa shape index (κ3) is 12.0. The molecule has 0 radical (unpaired) electrons. The molecule has 1 N–H and O–H groups in total. The molecule has 0 aromatic carbocycles. The number of rotatable bonds is 15. The first kappa shape index (κ1) is 21.4. The maximum atomic E-state index is 12.1. The summed E-state index contributed by atoms with van der Waals surface area (Å²) in [4.78, 5) is 14.1. The van der Waals surface area contributed by atoms with Crippen LogP contribution in [0.25, 0.3) is 0 Å². The normalized spacial score (nSPS) is 12.6. The van der Waals surface area contributed by atoms with Gasteiger partial charge < -0.3 is 5.32 Å². The second-order valence-corrected chi connectivity index (χ2v) is 6.74.